The second-order valence-corrected chi connectivity index (χ2v) is 7.08. The summed E-state index contributed by atoms with van der Waals surface area (Å²) in [4.78, 5) is 25.1. The van der Waals surface area contributed by atoms with Crippen molar-refractivity contribution in [3.8, 4) is 5.75 Å². The minimum absolute atomic E-state index is 0.231. The Hall–Kier alpha value is -3.60. The summed E-state index contributed by atoms with van der Waals surface area (Å²) < 4.78 is 5.62. The van der Waals surface area contributed by atoms with E-state index in [1.54, 1.807) is 48.5 Å². The van der Waals surface area contributed by atoms with Gasteiger partial charge in [0.05, 0.1) is 6.61 Å². The van der Waals surface area contributed by atoms with Crippen LogP contribution < -0.4 is 15.4 Å². The summed E-state index contributed by atoms with van der Waals surface area (Å²) in [7, 11) is 0. The summed E-state index contributed by atoms with van der Waals surface area (Å²) in [5.41, 5.74) is 3.34. The lowest BCUT2D eigenvalue weighted by Gasteiger charge is -2.10. The van der Waals surface area contributed by atoms with Crippen molar-refractivity contribution in [2.24, 2.45) is 0 Å². The lowest BCUT2D eigenvalue weighted by molar-refractivity contribution is 0.101. The number of hydrogen-bond acceptors (Lipinski definition) is 3. The Labute approximate surface area is 177 Å². The Morgan fingerprint density at radius 3 is 2.10 bits per heavy atom. The van der Waals surface area contributed by atoms with Crippen LogP contribution in [-0.4, -0.2) is 18.4 Å². The van der Waals surface area contributed by atoms with Gasteiger partial charge in [-0.1, -0.05) is 31.5 Å². The van der Waals surface area contributed by atoms with E-state index in [4.69, 9.17) is 4.74 Å². The summed E-state index contributed by atoms with van der Waals surface area (Å²) in [5.74, 6) is 0.270. The summed E-state index contributed by atoms with van der Waals surface area (Å²) >= 11 is 0. The van der Waals surface area contributed by atoms with E-state index in [9.17, 15) is 9.59 Å². The molecule has 0 bridgehead atoms. The molecule has 5 heteroatoms. The van der Waals surface area contributed by atoms with E-state index in [1.807, 2.05) is 31.2 Å². The molecule has 0 unspecified atom stereocenters. The van der Waals surface area contributed by atoms with Gasteiger partial charge in [0.2, 0.25) is 0 Å². The number of nitrogens with one attached hydrogen (secondary N) is 2. The van der Waals surface area contributed by atoms with E-state index in [-0.39, 0.29) is 11.8 Å². The highest BCUT2D eigenvalue weighted by Gasteiger charge is 2.10. The molecule has 2 amide bonds. The number of amides is 2. The molecular weight excluding hydrogens is 376 g/mol. The van der Waals surface area contributed by atoms with Gasteiger partial charge in [0.1, 0.15) is 5.75 Å². The molecule has 3 rings (SSSR count). The molecular formula is C25H26N2O3. The molecule has 0 saturated heterocycles. The summed E-state index contributed by atoms with van der Waals surface area (Å²) in [6.07, 6.45) is 2.07. The largest absolute Gasteiger partial charge is 0.494 e. The first-order valence-corrected chi connectivity index (χ1v) is 10.1. The monoisotopic (exact) mass is 402 g/mol. The highest BCUT2D eigenvalue weighted by Crippen LogP contribution is 2.17. The molecule has 0 radical (unpaired) electrons. The molecule has 3 aromatic carbocycles. The van der Waals surface area contributed by atoms with Gasteiger partial charge in [0.15, 0.2) is 0 Å². The van der Waals surface area contributed by atoms with Crippen LogP contribution in [0, 0.1) is 6.92 Å². The smallest absolute Gasteiger partial charge is 0.255 e. The predicted octanol–water partition coefficient (Wildman–Crippen LogP) is 5.68. The van der Waals surface area contributed by atoms with Crippen molar-refractivity contribution in [2.45, 2.75) is 26.7 Å². The predicted molar refractivity (Wildman–Crippen MR) is 120 cm³/mol. The van der Waals surface area contributed by atoms with Crippen molar-refractivity contribution < 1.29 is 14.3 Å². The minimum Gasteiger partial charge on any atom is -0.494 e. The van der Waals surface area contributed by atoms with Crippen molar-refractivity contribution >= 4 is 23.2 Å². The molecule has 0 fully saturated rings. The van der Waals surface area contributed by atoms with Crippen molar-refractivity contribution in [3.05, 3.63) is 89.5 Å². The van der Waals surface area contributed by atoms with E-state index in [1.165, 1.54) is 0 Å². The van der Waals surface area contributed by atoms with Crippen LogP contribution in [0.1, 0.15) is 46.0 Å². The highest BCUT2D eigenvalue weighted by atomic mass is 16.5. The first kappa shape index (κ1) is 21.1. The Balaban J connectivity index is 1.63. The van der Waals surface area contributed by atoms with E-state index in [2.05, 4.69) is 17.6 Å². The van der Waals surface area contributed by atoms with E-state index >= 15 is 0 Å². The standard InChI is InChI=1S/C25H26N2O3/c1-3-4-15-30-23-13-11-19(12-14-23)24(28)27-22-10-6-8-20(17-22)25(29)26-21-9-5-7-18(2)16-21/h5-14,16-17H,3-4,15H2,1-2H3,(H,26,29)(H,27,28). The third-order valence-corrected chi connectivity index (χ3v) is 4.54. The molecule has 0 spiro atoms. The third-order valence-electron chi connectivity index (χ3n) is 4.54. The van der Waals surface area contributed by atoms with Gasteiger partial charge in [-0.2, -0.15) is 0 Å². The number of unbranched alkanes of at least 4 members (excludes halogenated alkanes) is 1. The molecule has 0 aliphatic rings. The Bertz CT molecular complexity index is 1010. The van der Waals surface area contributed by atoms with Gasteiger partial charge in [0, 0.05) is 22.5 Å². The number of ether oxygens (including phenoxy) is 1. The topological polar surface area (TPSA) is 67.4 Å². The van der Waals surface area contributed by atoms with Gasteiger partial charge >= 0.3 is 0 Å². The van der Waals surface area contributed by atoms with Gasteiger partial charge in [0.25, 0.3) is 11.8 Å². The maximum absolute atomic E-state index is 12.5. The van der Waals surface area contributed by atoms with Gasteiger partial charge in [-0.3, -0.25) is 9.59 Å². The summed E-state index contributed by atoms with van der Waals surface area (Å²) in [6, 6.07) is 21.5. The number of benzene rings is 3. The molecule has 3 aromatic rings. The molecule has 0 aliphatic heterocycles. The fourth-order valence-corrected chi connectivity index (χ4v) is 2.90. The van der Waals surface area contributed by atoms with Crippen LogP contribution in [-0.2, 0) is 0 Å². The lowest BCUT2D eigenvalue weighted by Crippen LogP contribution is -2.14. The molecule has 5 nitrogen and oxygen atoms in total. The Morgan fingerprint density at radius 2 is 1.43 bits per heavy atom. The summed E-state index contributed by atoms with van der Waals surface area (Å²) in [5, 5.41) is 5.71. The number of anilines is 2. The van der Waals surface area contributed by atoms with Crippen molar-refractivity contribution in [2.75, 3.05) is 17.2 Å². The van der Waals surface area contributed by atoms with Crippen LogP contribution in [0.15, 0.2) is 72.8 Å². The second kappa shape index (κ2) is 10.3. The van der Waals surface area contributed by atoms with Crippen LogP contribution in [0.3, 0.4) is 0 Å². The Kier molecular flexibility index (Phi) is 7.22. The fraction of sp³-hybridized carbons (Fsp3) is 0.200. The number of hydrogen-bond donors (Lipinski definition) is 2. The average molecular weight is 402 g/mol. The van der Waals surface area contributed by atoms with Crippen molar-refractivity contribution in [3.63, 3.8) is 0 Å². The molecule has 154 valence electrons. The van der Waals surface area contributed by atoms with Crippen molar-refractivity contribution in [1.29, 1.82) is 0 Å². The van der Waals surface area contributed by atoms with Gasteiger partial charge < -0.3 is 15.4 Å². The first-order valence-electron chi connectivity index (χ1n) is 10.1. The van der Waals surface area contributed by atoms with Gasteiger partial charge in [-0.25, -0.2) is 0 Å². The molecule has 0 atom stereocenters. The molecule has 30 heavy (non-hydrogen) atoms. The minimum atomic E-state index is -0.244. The number of carbonyl (C=O) groups excluding carboxylic acids is 2. The molecule has 0 saturated carbocycles. The van der Waals surface area contributed by atoms with Gasteiger partial charge in [-0.15, -0.1) is 0 Å². The van der Waals surface area contributed by atoms with Crippen LogP contribution >= 0.6 is 0 Å². The highest BCUT2D eigenvalue weighted by molar-refractivity contribution is 6.07. The maximum atomic E-state index is 12.5. The summed E-state index contributed by atoms with van der Waals surface area (Å²) in [6.45, 7) is 4.74. The lowest BCUT2D eigenvalue weighted by atomic mass is 10.1. The normalized spacial score (nSPS) is 10.3. The molecule has 0 aliphatic carbocycles. The van der Waals surface area contributed by atoms with E-state index in [0.717, 1.165) is 29.8 Å². The first-order chi connectivity index (χ1) is 14.5. The van der Waals surface area contributed by atoms with E-state index in [0.29, 0.717) is 23.4 Å². The van der Waals surface area contributed by atoms with Crippen LogP contribution in [0.2, 0.25) is 0 Å². The number of rotatable bonds is 8. The zero-order valence-electron chi connectivity index (χ0n) is 17.3. The average Bonchev–Trinajstić information content (AvgIpc) is 2.74. The fourth-order valence-electron chi connectivity index (χ4n) is 2.90. The third kappa shape index (κ3) is 5.95. The van der Waals surface area contributed by atoms with Gasteiger partial charge in [-0.05, 0) is 73.5 Å². The molecule has 0 aromatic heterocycles. The van der Waals surface area contributed by atoms with E-state index < -0.39 is 0 Å². The molecule has 2 N–H and O–H groups in total. The Morgan fingerprint density at radius 1 is 0.800 bits per heavy atom. The second-order valence-electron chi connectivity index (χ2n) is 7.08. The van der Waals surface area contributed by atoms with Crippen LogP contribution in [0.25, 0.3) is 0 Å². The SMILES string of the molecule is CCCCOc1ccc(C(=O)Nc2cccc(C(=O)Nc3cccc(C)c3)c2)cc1. The number of aryl methyl sites for hydroxylation is 1. The van der Waals surface area contributed by atoms with Crippen LogP contribution in [0.4, 0.5) is 11.4 Å². The zero-order valence-corrected chi connectivity index (χ0v) is 17.3. The van der Waals surface area contributed by atoms with Crippen molar-refractivity contribution in [1.82, 2.24) is 0 Å². The zero-order chi connectivity index (χ0) is 21.3. The maximum Gasteiger partial charge on any atom is 0.255 e. The number of carbonyl (C=O) groups is 2. The quantitative estimate of drug-likeness (QED) is 0.477. The molecule has 0 heterocycles. The van der Waals surface area contributed by atoms with Crippen LogP contribution in [0.5, 0.6) is 5.75 Å².